The van der Waals surface area contributed by atoms with Gasteiger partial charge in [0.25, 0.3) is 0 Å². The zero-order chi connectivity index (χ0) is 23.2. The highest BCUT2D eigenvalue weighted by Crippen LogP contribution is 2.52. The third kappa shape index (κ3) is 4.04. The fourth-order valence-corrected chi connectivity index (χ4v) is 6.23. The second-order valence-corrected chi connectivity index (χ2v) is 9.39. The molecule has 2 bridgehead atoms. The number of benzene rings is 2. The molecule has 0 radical (unpaired) electrons. The lowest BCUT2D eigenvalue weighted by atomic mass is 9.79. The number of aromatic carboxylic acids is 1. The normalized spacial score (nSPS) is 24.2. The average molecular weight is 529 g/mol. The maximum absolute atomic E-state index is 11.4. The van der Waals surface area contributed by atoms with Crippen molar-refractivity contribution in [3.8, 4) is 5.75 Å². The number of carbonyl (C=O) groups is 1. The number of hydrogen-bond donors (Lipinski definition) is 2. The van der Waals surface area contributed by atoms with Gasteiger partial charge in [-0.05, 0) is 74.9 Å². The highest BCUT2D eigenvalue weighted by Gasteiger charge is 2.53. The van der Waals surface area contributed by atoms with E-state index in [0.717, 1.165) is 43.5 Å². The first-order valence-corrected chi connectivity index (χ1v) is 11.8. The largest absolute Gasteiger partial charge is 0.496 e. The van der Waals surface area contributed by atoms with Crippen LogP contribution in [0.3, 0.4) is 0 Å². The Bertz CT molecular complexity index is 1180. The Balaban J connectivity index is 0.00000274. The topological polar surface area (TPSA) is 74.8 Å². The number of halogens is 1. The smallest absolute Gasteiger partial charge is 0.335 e. The van der Waals surface area contributed by atoms with Gasteiger partial charge in [0.1, 0.15) is 5.75 Å². The molecule has 2 saturated heterocycles. The molecular formula is C27H33BrN2O4. The fraction of sp³-hybridized carbons (Fsp3) is 0.444. The second kappa shape index (κ2) is 9.72. The highest BCUT2D eigenvalue weighted by molar-refractivity contribution is 8.93. The van der Waals surface area contributed by atoms with Crippen LogP contribution in [0.15, 0.2) is 42.6 Å². The number of carboxylic acids is 1. The molecule has 0 spiro atoms. The number of carboxylic acid groups (broad SMARTS) is 1. The molecule has 6 nitrogen and oxygen atoms in total. The van der Waals surface area contributed by atoms with Crippen LogP contribution in [0.1, 0.15) is 59.7 Å². The molecule has 2 aliphatic heterocycles. The molecule has 2 N–H and O–H groups in total. The van der Waals surface area contributed by atoms with Gasteiger partial charge >= 0.3 is 5.97 Å². The molecule has 0 aliphatic carbocycles. The third-order valence-corrected chi connectivity index (χ3v) is 7.71. The monoisotopic (exact) mass is 528 g/mol. The molecule has 5 rings (SSSR count). The Kier molecular flexibility index (Phi) is 7.08. The van der Waals surface area contributed by atoms with E-state index >= 15 is 0 Å². The number of aromatic nitrogens is 1. The SMILES string of the molecule is Br.CCO[C@H]1C[C@H]2CC[C@@](c3ccc(C(=O)O)cc3)(C1)N2Cc1c(OC)cc(C)c2[nH]ccc12. The van der Waals surface area contributed by atoms with E-state index in [1.807, 2.05) is 18.3 Å². The van der Waals surface area contributed by atoms with Crippen LogP contribution >= 0.6 is 17.0 Å². The number of nitrogens with zero attached hydrogens (tertiary/aromatic N) is 1. The molecule has 0 unspecified atom stereocenters. The van der Waals surface area contributed by atoms with Gasteiger partial charge in [-0.2, -0.15) is 0 Å². The average Bonchev–Trinajstić information content (AvgIpc) is 3.38. The third-order valence-electron chi connectivity index (χ3n) is 7.71. The molecule has 2 aliphatic rings. The number of ether oxygens (including phenoxy) is 2. The molecule has 3 atom stereocenters. The number of rotatable bonds is 7. The van der Waals surface area contributed by atoms with Gasteiger partial charge in [0.15, 0.2) is 0 Å². The maximum Gasteiger partial charge on any atom is 0.335 e. The van der Waals surface area contributed by atoms with E-state index in [1.54, 1.807) is 19.2 Å². The predicted octanol–water partition coefficient (Wildman–Crippen LogP) is 5.82. The number of methoxy groups -OCH3 is 1. The highest BCUT2D eigenvalue weighted by atomic mass is 79.9. The van der Waals surface area contributed by atoms with Gasteiger partial charge in [0.05, 0.1) is 18.8 Å². The van der Waals surface area contributed by atoms with Crippen molar-refractivity contribution in [3.63, 3.8) is 0 Å². The van der Waals surface area contributed by atoms with Crippen molar-refractivity contribution in [2.75, 3.05) is 13.7 Å². The molecule has 2 fully saturated rings. The zero-order valence-electron chi connectivity index (χ0n) is 20.0. The summed E-state index contributed by atoms with van der Waals surface area (Å²) in [6, 6.07) is 12.2. The van der Waals surface area contributed by atoms with Crippen molar-refractivity contribution in [1.82, 2.24) is 9.88 Å². The van der Waals surface area contributed by atoms with Crippen LogP contribution in [0.25, 0.3) is 10.9 Å². The first kappa shape index (κ1) is 24.8. The van der Waals surface area contributed by atoms with Gasteiger partial charge in [-0.3, -0.25) is 4.90 Å². The molecule has 0 saturated carbocycles. The van der Waals surface area contributed by atoms with E-state index < -0.39 is 5.97 Å². The summed E-state index contributed by atoms with van der Waals surface area (Å²) in [5.41, 5.74) is 4.85. The van der Waals surface area contributed by atoms with Crippen LogP contribution in [0.5, 0.6) is 5.75 Å². The van der Waals surface area contributed by atoms with E-state index in [-0.39, 0.29) is 28.6 Å². The number of piperidine rings is 1. The molecule has 3 aromatic rings. The summed E-state index contributed by atoms with van der Waals surface area (Å²) >= 11 is 0. The van der Waals surface area contributed by atoms with Crippen molar-refractivity contribution in [2.24, 2.45) is 0 Å². The van der Waals surface area contributed by atoms with Crippen molar-refractivity contribution in [1.29, 1.82) is 0 Å². The van der Waals surface area contributed by atoms with Crippen molar-refractivity contribution < 1.29 is 19.4 Å². The quantitative estimate of drug-likeness (QED) is 0.404. The molecular weight excluding hydrogens is 496 g/mol. The fourth-order valence-electron chi connectivity index (χ4n) is 6.23. The zero-order valence-corrected chi connectivity index (χ0v) is 21.7. The van der Waals surface area contributed by atoms with Crippen molar-refractivity contribution in [3.05, 3.63) is 64.8 Å². The summed E-state index contributed by atoms with van der Waals surface area (Å²) in [4.78, 5) is 17.5. The van der Waals surface area contributed by atoms with E-state index in [4.69, 9.17) is 9.47 Å². The molecule has 3 heterocycles. The van der Waals surface area contributed by atoms with Gasteiger partial charge in [-0.25, -0.2) is 4.79 Å². The number of aryl methyl sites for hydroxylation is 1. The maximum atomic E-state index is 11.4. The Hall–Kier alpha value is -2.35. The molecule has 34 heavy (non-hydrogen) atoms. The van der Waals surface area contributed by atoms with Crippen LogP contribution in [0.2, 0.25) is 0 Å². The minimum Gasteiger partial charge on any atom is -0.496 e. The number of H-pyrrole nitrogens is 1. The molecule has 0 amide bonds. The standard InChI is InChI=1S/C27H32N2O4.BrH/c1-4-33-21-14-20-9-11-27(15-21,19-7-5-18(6-8-19)26(30)31)29(20)16-23-22-10-12-28-25(22)17(2)13-24(23)32-3;/h5-8,10,12-13,20-21,28H,4,9,11,14-16H2,1-3H3,(H,30,31);1H/t20-,21+,27+;/m1./s1. The lowest BCUT2D eigenvalue weighted by molar-refractivity contribution is -0.0593. The minimum absolute atomic E-state index is 0. The molecule has 1 aromatic heterocycles. The van der Waals surface area contributed by atoms with Crippen LogP contribution in [-0.2, 0) is 16.8 Å². The Labute approximate surface area is 211 Å². The number of nitrogens with one attached hydrogen (secondary N) is 1. The lowest BCUT2D eigenvalue weighted by Gasteiger charge is -2.48. The second-order valence-electron chi connectivity index (χ2n) is 9.39. The summed E-state index contributed by atoms with van der Waals surface area (Å²) in [5, 5.41) is 10.6. The predicted molar refractivity (Wildman–Crippen MR) is 138 cm³/mol. The Morgan fingerprint density at radius 3 is 2.71 bits per heavy atom. The number of hydrogen-bond acceptors (Lipinski definition) is 4. The molecule has 7 heteroatoms. The van der Waals surface area contributed by atoms with Gasteiger partial charge in [0.2, 0.25) is 0 Å². The van der Waals surface area contributed by atoms with Crippen LogP contribution in [0, 0.1) is 6.92 Å². The summed E-state index contributed by atoms with van der Waals surface area (Å²) in [6.45, 7) is 5.65. The van der Waals surface area contributed by atoms with Crippen LogP contribution in [0.4, 0.5) is 0 Å². The Morgan fingerprint density at radius 1 is 1.26 bits per heavy atom. The van der Waals surface area contributed by atoms with E-state index in [2.05, 4.69) is 35.9 Å². The molecule has 2 aromatic carbocycles. The van der Waals surface area contributed by atoms with E-state index in [0.29, 0.717) is 18.2 Å². The molecule has 182 valence electrons. The van der Waals surface area contributed by atoms with Gasteiger partial charge < -0.3 is 19.6 Å². The van der Waals surface area contributed by atoms with Crippen LogP contribution in [-0.4, -0.2) is 46.8 Å². The minimum atomic E-state index is -0.893. The number of aromatic amines is 1. The first-order chi connectivity index (χ1) is 16.0. The number of fused-ring (bicyclic) bond motifs is 3. The van der Waals surface area contributed by atoms with Gasteiger partial charge in [-0.1, -0.05) is 12.1 Å². The first-order valence-electron chi connectivity index (χ1n) is 11.8. The van der Waals surface area contributed by atoms with Gasteiger partial charge in [0, 0.05) is 47.4 Å². The summed E-state index contributed by atoms with van der Waals surface area (Å²) in [7, 11) is 1.74. The van der Waals surface area contributed by atoms with Crippen molar-refractivity contribution >= 4 is 33.9 Å². The van der Waals surface area contributed by atoms with E-state index in [1.165, 1.54) is 22.1 Å². The van der Waals surface area contributed by atoms with E-state index in [9.17, 15) is 9.90 Å². The summed E-state index contributed by atoms with van der Waals surface area (Å²) < 4.78 is 12.0. The summed E-state index contributed by atoms with van der Waals surface area (Å²) in [5.74, 6) is 0.0255. The van der Waals surface area contributed by atoms with Crippen molar-refractivity contribution in [2.45, 2.75) is 63.8 Å². The summed E-state index contributed by atoms with van der Waals surface area (Å²) in [6.07, 6.45) is 6.29. The Morgan fingerprint density at radius 2 is 2.03 bits per heavy atom. The van der Waals surface area contributed by atoms with Crippen LogP contribution < -0.4 is 4.74 Å². The lowest BCUT2D eigenvalue weighted by Crippen LogP contribution is -2.52. The van der Waals surface area contributed by atoms with Gasteiger partial charge in [-0.15, -0.1) is 17.0 Å².